The third kappa shape index (κ3) is 3.08. The van der Waals surface area contributed by atoms with Crippen LogP contribution in [-0.4, -0.2) is 36.1 Å². The van der Waals surface area contributed by atoms with Crippen molar-refractivity contribution in [1.82, 2.24) is 14.3 Å². The highest BCUT2D eigenvalue weighted by atomic mass is 32.2. The molecule has 0 aromatic carbocycles. The average Bonchev–Trinajstić information content (AvgIpc) is 2.86. The van der Waals surface area contributed by atoms with Crippen LogP contribution in [0.25, 0.3) is 0 Å². The van der Waals surface area contributed by atoms with Crippen LogP contribution in [0, 0.1) is 6.92 Å². The van der Waals surface area contributed by atoms with Gasteiger partial charge in [0.25, 0.3) is 0 Å². The van der Waals surface area contributed by atoms with Crippen LogP contribution in [0.5, 0.6) is 0 Å². The van der Waals surface area contributed by atoms with E-state index in [1.807, 2.05) is 0 Å². The van der Waals surface area contributed by atoms with E-state index in [4.69, 9.17) is 9.15 Å². The molecule has 0 saturated heterocycles. The molecule has 0 spiro atoms. The lowest BCUT2D eigenvalue weighted by Crippen LogP contribution is -2.23. The second-order valence-corrected chi connectivity index (χ2v) is 6.74. The first-order chi connectivity index (χ1) is 9.74. The summed E-state index contributed by atoms with van der Waals surface area (Å²) in [6, 6.07) is 1.42. The summed E-state index contributed by atoms with van der Waals surface area (Å²) in [5.41, 5.74) is -0.322. The van der Waals surface area contributed by atoms with Gasteiger partial charge in [0.1, 0.15) is 29.6 Å². The first-order valence-electron chi connectivity index (χ1n) is 6.15. The Morgan fingerprint density at radius 3 is 2.62 bits per heavy atom. The Morgan fingerprint density at radius 1 is 1.43 bits per heavy atom. The van der Waals surface area contributed by atoms with E-state index >= 15 is 0 Å². The number of nitrogens with zero attached hydrogens (tertiary/aromatic N) is 3. The highest BCUT2D eigenvalue weighted by Crippen LogP contribution is 2.20. The van der Waals surface area contributed by atoms with E-state index in [1.54, 1.807) is 14.0 Å². The van der Waals surface area contributed by atoms with Gasteiger partial charge >= 0.3 is 5.69 Å². The Labute approximate surface area is 121 Å². The second-order valence-electron chi connectivity index (χ2n) is 4.75. The molecule has 21 heavy (non-hydrogen) atoms. The molecule has 0 aliphatic heterocycles. The van der Waals surface area contributed by atoms with Crippen LogP contribution in [0.1, 0.15) is 17.3 Å². The lowest BCUT2D eigenvalue weighted by Gasteiger charge is -1.95. The van der Waals surface area contributed by atoms with Crippen molar-refractivity contribution in [1.29, 1.82) is 0 Å². The zero-order valence-electron chi connectivity index (χ0n) is 12.3. The lowest BCUT2D eigenvalue weighted by atomic mass is 10.4. The number of aromatic nitrogens is 3. The zero-order valence-corrected chi connectivity index (χ0v) is 13.1. The molecule has 8 nitrogen and oxygen atoms in total. The van der Waals surface area contributed by atoms with Crippen molar-refractivity contribution in [3.05, 3.63) is 33.9 Å². The molecule has 0 radical (unpaired) electrons. The standard InChI is InChI=1S/C12H17N3O5S/c1-8-10(21(4,17)18)5-9(20-8)6-15-12(16)14(2)11(13-15)7-19-3/h5H,6-7H2,1-4H3. The predicted molar refractivity (Wildman–Crippen MR) is 73.8 cm³/mol. The van der Waals surface area contributed by atoms with Gasteiger partial charge in [0, 0.05) is 26.5 Å². The fourth-order valence-electron chi connectivity index (χ4n) is 2.01. The summed E-state index contributed by atoms with van der Waals surface area (Å²) < 4.78 is 36.1. The van der Waals surface area contributed by atoms with Crippen molar-refractivity contribution in [2.24, 2.45) is 7.05 Å². The number of furan rings is 1. The average molecular weight is 315 g/mol. The number of methoxy groups -OCH3 is 1. The summed E-state index contributed by atoms with van der Waals surface area (Å²) in [5, 5.41) is 4.13. The SMILES string of the molecule is COCc1nn(Cc2cc(S(C)(=O)=O)c(C)o2)c(=O)n1C. The largest absolute Gasteiger partial charge is 0.463 e. The predicted octanol–water partition coefficient (Wildman–Crippen LogP) is 0.0814. The first kappa shape index (κ1) is 15.5. The Hall–Kier alpha value is -1.87. The van der Waals surface area contributed by atoms with Gasteiger partial charge in [-0.2, -0.15) is 5.10 Å². The molecule has 0 saturated carbocycles. The van der Waals surface area contributed by atoms with Gasteiger partial charge in [0.2, 0.25) is 0 Å². The summed E-state index contributed by atoms with van der Waals surface area (Å²) >= 11 is 0. The third-order valence-electron chi connectivity index (χ3n) is 3.03. The number of hydrogen-bond donors (Lipinski definition) is 0. The maximum absolute atomic E-state index is 12.0. The van der Waals surface area contributed by atoms with Gasteiger partial charge < -0.3 is 9.15 Å². The molecule has 116 valence electrons. The Balaban J connectivity index is 2.36. The molecule has 0 aliphatic rings. The van der Waals surface area contributed by atoms with Crippen LogP contribution >= 0.6 is 0 Å². The summed E-state index contributed by atoms with van der Waals surface area (Å²) in [5.74, 6) is 1.14. The quantitative estimate of drug-likeness (QED) is 0.775. The number of sulfone groups is 1. The molecule has 0 unspecified atom stereocenters. The van der Waals surface area contributed by atoms with E-state index < -0.39 is 9.84 Å². The number of hydrogen-bond acceptors (Lipinski definition) is 6. The van der Waals surface area contributed by atoms with Crippen LogP contribution in [0.15, 0.2) is 20.2 Å². The molecule has 0 N–H and O–H groups in total. The number of ether oxygens (including phenoxy) is 1. The van der Waals surface area contributed by atoms with Crippen molar-refractivity contribution in [2.45, 2.75) is 25.0 Å². The normalized spacial score (nSPS) is 12.0. The van der Waals surface area contributed by atoms with Crippen LogP contribution < -0.4 is 5.69 Å². The summed E-state index contributed by atoms with van der Waals surface area (Å²) in [4.78, 5) is 12.1. The van der Waals surface area contributed by atoms with E-state index in [1.165, 1.54) is 22.4 Å². The van der Waals surface area contributed by atoms with Crippen molar-refractivity contribution in [2.75, 3.05) is 13.4 Å². The fraction of sp³-hybridized carbons (Fsp3) is 0.500. The molecule has 0 aliphatic carbocycles. The van der Waals surface area contributed by atoms with Gasteiger partial charge in [-0.1, -0.05) is 0 Å². The molecular weight excluding hydrogens is 298 g/mol. The Kier molecular flexibility index (Phi) is 4.06. The smallest absolute Gasteiger partial charge is 0.346 e. The van der Waals surface area contributed by atoms with E-state index in [2.05, 4.69) is 5.10 Å². The summed E-state index contributed by atoms with van der Waals surface area (Å²) in [7, 11) is -0.249. The van der Waals surface area contributed by atoms with Crippen LogP contribution in [-0.2, 0) is 34.8 Å². The minimum atomic E-state index is -3.35. The van der Waals surface area contributed by atoms with Gasteiger partial charge in [-0.05, 0) is 6.92 Å². The lowest BCUT2D eigenvalue weighted by molar-refractivity contribution is 0.174. The number of rotatable bonds is 5. The first-order valence-corrected chi connectivity index (χ1v) is 8.04. The molecule has 0 atom stereocenters. The highest BCUT2D eigenvalue weighted by molar-refractivity contribution is 7.90. The maximum atomic E-state index is 12.0. The molecule has 2 rings (SSSR count). The molecule has 2 aromatic heterocycles. The fourth-order valence-corrected chi connectivity index (χ4v) is 2.92. The third-order valence-corrected chi connectivity index (χ3v) is 4.24. The van der Waals surface area contributed by atoms with Crippen molar-refractivity contribution in [3.63, 3.8) is 0 Å². The van der Waals surface area contributed by atoms with E-state index in [0.29, 0.717) is 17.3 Å². The van der Waals surface area contributed by atoms with Crippen molar-refractivity contribution in [3.8, 4) is 0 Å². The van der Waals surface area contributed by atoms with Crippen LogP contribution in [0.3, 0.4) is 0 Å². The van der Waals surface area contributed by atoms with E-state index in [9.17, 15) is 13.2 Å². The second kappa shape index (κ2) is 5.49. The van der Waals surface area contributed by atoms with Gasteiger partial charge in [0.05, 0.1) is 0 Å². The van der Waals surface area contributed by atoms with Crippen molar-refractivity contribution >= 4 is 9.84 Å². The van der Waals surface area contributed by atoms with E-state index in [0.717, 1.165) is 6.26 Å². The molecular formula is C12H17N3O5S. The minimum absolute atomic E-state index is 0.0622. The summed E-state index contributed by atoms with van der Waals surface area (Å²) in [6.07, 6.45) is 1.11. The topological polar surface area (TPSA) is 96.3 Å². The minimum Gasteiger partial charge on any atom is -0.463 e. The Bertz CT molecular complexity index is 813. The van der Waals surface area contributed by atoms with E-state index in [-0.39, 0.29) is 23.7 Å². The number of aryl methyl sites for hydroxylation is 1. The van der Waals surface area contributed by atoms with Gasteiger partial charge in [-0.25, -0.2) is 17.9 Å². The molecule has 0 fully saturated rings. The van der Waals surface area contributed by atoms with Crippen molar-refractivity contribution < 1.29 is 17.6 Å². The van der Waals surface area contributed by atoms with Gasteiger partial charge in [-0.3, -0.25) is 4.57 Å². The Morgan fingerprint density at radius 2 is 2.10 bits per heavy atom. The highest BCUT2D eigenvalue weighted by Gasteiger charge is 2.18. The monoisotopic (exact) mass is 315 g/mol. The zero-order chi connectivity index (χ0) is 15.8. The molecule has 9 heteroatoms. The van der Waals surface area contributed by atoms with Gasteiger partial charge in [0.15, 0.2) is 15.7 Å². The maximum Gasteiger partial charge on any atom is 0.346 e. The molecule has 2 heterocycles. The van der Waals surface area contributed by atoms with Crippen LogP contribution in [0.4, 0.5) is 0 Å². The summed E-state index contributed by atoms with van der Waals surface area (Å²) in [6.45, 7) is 1.84. The molecule has 0 amide bonds. The van der Waals surface area contributed by atoms with Crippen LogP contribution in [0.2, 0.25) is 0 Å². The molecule has 0 bridgehead atoms. The van der Waals surface area contributed by atoms with Gasteiger partial charge in [-0.15, -0.1) is 0 Å². The molecule has 2 aromatic rings.